The first-order valence-corrected chi connectivity index (χ1v) is 10.3. The Kier molecular flexibility index (Phi) is 5.41. The van der Waals surface area contributed by atoms with Crippen LogP contribution in [0.15, 0.2) is 72.8 Å². The number of hydrogen-bond acceptors (Lipinski definition) is 3. The minimum Gasteiger partial charge on any atom is -0.375 e. The fourth-order valence-electron chi connectivity index (χ4n) is 3.87. The Balaban J connectivity index is 1.76. The van der Waals surface area contributed by atoms with E-state index < -0.39 is 17.4 Å². The van der Waals surface area contributed by atoms with Crippen molar-refractivity contribution >= 4 is 40.6 Å². The molecule has 6 heteroatoms. The summed E-state index contributed by atoms with van der Waals surface area (Å²) in [5, 5.41) is 12.6. The highest BCUT2D eigenvalue weighted by atomic mass is 35.5. The summed E-state index contributed by atoms with van der Waals surface area (Å²) in [6.07, 6.45) is 0. The Bertz CT molecular complexity index is 1120. The minimum absolute atomic E-state index is 0.235. The molecule has 0 fully saturated rings. The number of carbonyl (C=O) groups excluding carboxylic acids is 2. The molecular formula is C24H19Cl2NO3. The topological polar surface area (TPSA) is 57.6 Å². The molecule has 1 amide bonds. The van der Waals surface area contributed by atoms with Crippen LogP contribution in [0.25, 0.3) is 0 Å². The van der Waals surface area contributed by atoms with Crippen LogP contribution in [-0.4, -0.2) is 16.8 Å². The van der Waals surface area contributed by atoms with E-state index in [-0.39, 0.29) is 12.3 Å². The largest absolute Gasteiger partial charge is 0.375 e. The monoisotopic (exact) mass is 439 g/mol. The van der Waals surface area contributed by atoms with Gasteiger partial charge in [0.1, 0.15) is 0 Å². The third-order valence-electron chi connectivity index (χ3n) is 5.56. The van der Waals surface area contributed by atoms with Gasteiger partial charge in [0.2, 0.25) is 0 Å². The first kappa shape index (κ1) is 20.6. The smallest absolute Gasteiger partial charge is 0.264 e. The third kappa shape index (κ3) is 3.41. The van der Waals surface area contributed by atoms with Gasteiger partial charge in [-0.25, -0.2) is 0 Å². The van der Waals surface area contributed by atoms with Gasteiger partial charge in [-0.1, -0.05) is 72.6 Å². The average Bonchev–Trinajstić information content (AvgIpc) is 2.97. The van der Waals surface area contributed by atoms with Gasteiger partial charge in [-0.15, -0.1) is 0 Å². The SMILES string of the molecule is C[C@@H](C(=O)c1ccccc1)[C@]1(O)C(=O)N(Cc2ccc(Cl)cc2)c2ccc(Cl)cc21. The van der Waals surface area contributed by atoms with Crippen LogP contribution in [0.2, 0.25) is 10.0 Å². The zero-order valence-corrected chi connectivity index (χ0v) is 17.7. The van der Waals surface area contributed by atoms with Crippen molar-refractivity contribution in [1.82, 2.24) is 0 Å². The number of rotatable bonds is 5. The Morgan fingerprint density at radius 3 is 2.30 bits per heavy atom. The number of fused-ring (bicyclic) bond motifs is 1. The summed E-state index contributed by atoms with van der Waals surface area (Å²) in [6.45, 7) is 1.81. The zero-order chi connectivity index (χ0) is 21.5. The Morgan fingerprint density at radius 2 is 1.63 bits per heavy atom. The lowest BCUT2D eigenvalue weighted by Gasteiger charge is -2.28. The molecule has 0 spiro atoms. The fourth-order valence-corrected chi connectivity index (χ4v) is 4.17. The summed E-state index contributed by atoms with van der Waals surface area (Å²) in [5.41, 5.74) is 0.144. The summed E-state index contributed by atoms with van der Waals surface area (Å²) in [6, 6.07) is 20.7. The zero-order valence-electron chi connectivity index (χ0n) is 16.2. The first-order chi connectivity index (χ1) is 14.3. The molecule has 2 atom stereocenters. The van der Waals surface area contributed by atoms with Crippen molar-refractivity contribution in [3.63, 3.8) is 0 Å². The molecule has 4 nitrogen and oxygen atoms in total. The van der Waals surface area contributed by atoms with E-state index >= 15 is 0 Å². The molecule has 152 valence electrons. The van der Waals surface area contributed by atoms with E-state index in [1.165, 1.54) is 4.90 Å². The standard InChI is InChI=1S/C24H19Cl2NO3/c1-15(22(28)17-5-3-2-4-6-17)24(30)20-13-19(26)11-12-21(20)27(23(24)29)14-16-7-9-18(25)10-8-16/h2-13,15,30H,14H2,1H3/t15-,24+/m0/s1. The molecule has 1 aliphatic heterocycles. The summed E-state index contributed by atoms with van der Waals surface area (Å²) in [7, 11) is 0. The molecule has 0 radical (unpaired) electrons. The number of ketones is 1. The Hall–Kier alpha value is -2.66. The maximum Gasteiger partial charge on any atom is 0.264 e. The van der Waals surface area contributed by atoms with Crippen molar-refractivity contribution in [3.05, 3.63) is 99.5 Å². The highest BCUT2D eigenvalue weighted by molar-refractivity contribution is 6.31. The number of benzene rings is 3. The average molecular weight is 440 g/mol. The Labute approximate surface area is 184 Å². The minimum atomic E-state index is -2.01. The number of anilines is 1. The molecule has 1 heterocycles. The predicted octanol–water partition coefficient (Wildman–Crippen LogP) is 5.25. The summed E-state index contributed by atoms with van der Waals surface area (Å²) < 4.78 is 0. The number of hydrogen-bond donors (Lipinski definition) is 1. The highest BCUT2D eigenvalue weighted by Gasteiger charge is 2.55. The quantitative estimate of drug-likeness (QED) is 0.552. The lowest BCUT2D eigenvalue weighted by atomic mass is 9.79. The van der Waals surface area contributed by atoms with Gasteiger partial charge in [-0.05, 0) is 35.9 Å². The summed E-state index contributed by atoms with van der Waals surface area (Å²) >= 11 is 12.1. The lowest BCUT2D eigenvalue weighted by molar-refractivity contribution is -0.139. The van der Waals surface area contributed by atoms with Gasteiger partial charge in [0, 0.05) is 21.2 Å². The van der Waals surface area contributed by atoms with Crippen molar-refractivity contribution in [2.75, 3.05) is 4.90 Å². The summed E-state index contributed by atoms with van der Waals surface area (Å²) in [4.78, 5) is 28.1. The molecule has 30 heavy (non-hydrogen) atoms. The van der Waals surface area contributed by atoms with Crippen LogP contribution < -0.4 is 4.90 Å². The van der Waals surface area contributed by atoms with Crippen LogP contribution in [0.4, 0.5) is 5.69 Å². The number of aliphatic hydroxyl groups is 1. The van der Waals surface area contributed by atoms with Gasteiger partial charge in [0.15, 0.2) is 11.4 Å². The second-order valence-electron chi connectivity index (χ2n) is 7.40. The predicted molar refractivity (Wildman–Crippen MR) is 118 cm³/mol. The fraction of sp³-hybridized carbons (Fsp3) is 0.167. The molecule has 4 rings (SSSR count). The second kappa shape index (κ2) is 7.88. The molecule has 0 aliphatic carbocycles. The van der Waals surface area contributed by atoms with Crippen molar-refractivity contribution in [2.24, 2.45) is 5.92 Å². The molecule has 1 aliphatic rings. The lowest BCUT2D eigenvalue weighted by Crippen LogP contribution is -2.47. The van der Waals surface area contributed by atoms with Crippen LogP contribution in [0.5, 0.6) is 0 Å². The molecule has 0 aromatic heterocycles. The molecule has 0 unspecified atom stereocenters. The maximum absolute atomic E-state index is 13.5. The van der Waals surface area contributed by atoms with Crippen molar-refractivity contribution < 1.29 is 14.7 Å². The molecular weight excluding hydrogens is 421 g/mol. The van der Waals surface area contributed by atoms with E-state index in [1.807, 2.05) is 12.1 Å². The van der Waals surface area contributed by atoms with Crippen molar-refractivity contribution in [3.8, 4) is 0 Å². The van der Waals surface area contributed by atoms with E-state index in [4.69, 9.17) is 23.2 Å². The molecule has 3 aromatic carbocycles. The van der Waals surface area contributed by atoms with Gasteiger partial charge in [0.05, 0.1) is 18.2 Å². The van der Waals surface area contributed by atoms with Crippen LogP contribution in [0, 0.1) is 5.92 Å². The number of amides is 1. The highest BCUT2D eigenvalue weighted by Crippen LogP contribution is 2.47. The van der Waals surface area contributed by atoms with E-state index in [2.05, 4.69) is 0 Å². The normalized spacial score (nSPS) is 18.9. The van der Waals surface area contributed by atoms with Crippen molar-refractivity contribution in [1.29, 1.82) is 0 Å². The van der Waals surface area contributed by atoms with Gasteiger partial charge in [-0.2, -0.15) is 0 Å². The molecule has 0 saturated carbocycles. The van der Waals surface area contributed by atoms with Gasteiger partial charge in [0.25, 0.3) is 5.91 Å². The van der Waals surface area contributed by atoms with E-state index in [0.717, 1.165) is 5.56 Å². The maximum atomic E-state index is 13.5. The molecule has 0 bridgehead atoms. The molecule has 3 aromatic rings. The number of carbonyl (C=O) groups is 2. The van der Waals surface area contributed by atoms with E-state index in [1.54, 1.807) is 67.6 Å². The van der Waals surface area contributed by atoms with Gasteiger partial charge < -0.3 is 10.0 Å². The first-order valence-electron chi connectivity index (χ1n) is 9.50. The second-order valence-corrected chi connectivity index (χ2v) is 8.27. The van der Waals surface area contributed by atoms with E-state index in [9.17, 15) is 14.7 Å². The Morgan fingerprint density at radius 1 is 1.00 bits per heavy atom. The third-order valence-corrected chi connectivity index (χ3v) is 6.05. The van der Waals surface area contributed by atoms with Gasteiger partial charge >= 0.3 is 0 Å². The number of halogens is 2. The number of Topliss-reactive ketones (excluding diaryl/α,β-unsaturated/α-hetero) is 1. The van der Waals surface area contributed by atoms with Gasteiger partial charge in [-0.3, -0.25) is 9.59 Å². The van der Waals surface area contributed by atoms with E-state index in [0.29, 0.717) is 26.9 Å². The molecule has 0 saturated heterocycles. The molecule has 1 N–H and O–H groups in total. The van der Waals surface area contributed by atoms with Crippen LogP contribution in [-0.2, 0) is 16.9 Å². The van der Waals surface area contributed by atoms with Crippen LogP contribution in [0.1, 0.15) is 28.4 Å². The summed E-state index contributed by atoms with van der Waals surface area (Å²) in [5.74, 6) is -1.86. The number of nitrogens with zero attached hydrogens (tertiary/aromatic N) is 1. The van der Waals surface area contributed by atoms with Crippen LogP contribution in [0.3, 0.4) is 0 Å². The van der Waals surface area contributed by atoms with Crippen molar-refractivity contribution in [2.45, 2.75) is 19.1 Å². The van der Waals surface area contributed by atoms with Crippen LogP contribution >= 0.6 is 23.2 Å².